The van der Waals surface area contributed by atoms with Gasteiger partial charge in [0.15, 0.2) is 0 Å². The summed E-state index contributed by atoms with van der Waals surface area (Å²) in [5, 5.41) is 0. The van der Waals surface area contributed by atoms with Gasteiger partial charge in [0, 0.05) is 13.1 Å². The Morgan fingerprint density at radius 3 is 2.80 bits per heavy atom. The summed E-state index contributed by atoms with van der Waals surface area (Å²) in [6, 6.07) is 0. The van der Waals surface area contributed by atoms with Gasteiger partial charge in [-0.1, -0.05) is 12.7 Å². The van der Waals surface area contributed by atoms with Gasteiger partial charge < -0.3 is 4.90 Å². The van der Waals surface area contributed by atoms with Crippen molar-refractivity contribution in [2.45, 2.75) is 12.8 Å². The Balaban J connectivity index is 2.38. The van der Waals surface area contributed by atoms with Crippen molar-refractivity contribution >= 4 is 0 Å². The highest BCUT2D eigenvalue weighted by Crippen LogP contribution is 2.16. The maximum absolute atomic E-state index is 3.79. The molecule has 1 nitrogen and oxygen atoms in total. The fourth-order valence-electron chi connectivity index (χ4n) is 1.40. The Hall–Kier alpha value is -0.720. The number of hydrogen-bond donors (Lipinski definition) is 0. The monoisotopic (exact) mass is 137 g/mol. The molecule has 1 atom stereocenters. The van der Waals surface area contributed by atoms with Crippen LogP contribution in [0.1, 0.15) is 12.8 Å². The summed E-state index contributed by atoms with van der Waals surface area (Å²) >= 11 is 0. The second-order valence-electron chi connectivity index (χ2n) is 2.82. The summed E-state index contributed by atoms with van der Waals surface area (Å²) in [7, 11) is 0. The highest BCUT2D eigenvalue weighted by molar-refractivity contribution is 4.87. The van der Waals surface area contributed by atoms with E-state index in [4.69, 9.17) is 0 Å². The average Bonchev–Trinajstić information content (AvgIpc) is 2.05. The van der Waals surface area contributed by atoms with Crippen LogP contribution >= 0.6 is 0 Å². The summed E-state index contributed by atoms with van der Waals surface area (Å²) in [6.07, 6.45) is 6.56. The predicted octanol–water partition coefficient (Wildman–Crippen LogP) is 2.03. The van der Waals surface area contributed by atoms with Gasteiger partial charge in [-0.05, 0) is 25.0 Å². The Labute approximate surface area is 63.0 Å². The van der Waals surface area contributed by atoms with Crippen LogP contribution in [0.2, 0.25) is 0 Å². The Morgan fingerprint density at radius 2 is 2.20 bits per heavy atom. The van der Waals surface area contributed by atoms with Gasteiger partial charge in [-0.15, -0.1) is 6.58 Å². The maximum atomic E-state index is 3.79. The zero-order valence-corrected chi connectivity index (χ0v) is 6.42. The van der Waals surface area contributed by atoms with Gasteiger partial charge in [-0.3, -0.25) is 0 Å². The Morgan fingerprint density at radius 1 is 1.40 bits per heavy atom. The fraction of sp³-hybridized carbons (Fsp3) is 0.556. The van der Waals surface area contributed by atoms with Crippen LogP contribution in [0.4, 0.5) is 0 Å². The first-order valence-electron chi connectivity index (χ1n) is 3.86. The SMILES string of the molecule is C=CC1CCCN(C=C)C1. The van der Waals surface area contributed by atoms with Crippen LogP contribution < -0.4 is 0 Å². The molecule has 0 aromatic heterocycles. The zero-order valence-electron chi connectivity index (χ0n) is 6.42. The molecule has 1 fully saturated rings. The van der Waals surface area contributed by atoms with E-state index < -0.39 is 0 Å². The van der Waals surface area contributed by atoms with Gasteiger partial charge in [0.2, 0.25) is 0 Å². The lowest BCUT2D eigenvalue weighted by Crippen LogP contribution is -2.29. The van der Waals surface area contributed by atoms with Gasteiger partial charge in [0.05, 0.1) is 0 Å². The number of rotatable bonds is 2. The van der Waals surface area contributed by atoms with E-state index >= 15 is 0 Å². The van der Waals surface area contributed by atoms with Gasteiger partial charge in [-0.2, -0.15) is 0 Å². The van der Waals surface area contributed by atoms with Crippen LogP contribution in [0.3, 0.4) is 0 Å². The van der Waals surface area contributed by atoms with E-state index in [-0.39, 0.29) is 0 Å². The van der Waals surface area contributed by atoms with E-state index in [1.807, 2.05) is 6.20 Å². The predicted molar refractivity (Wildman–Crippen MR) is 44.7 cm³/mol. The van der Waals surface area contributed by atoms with Gasteiger partial charge >= 0.3 is 0 Å². The molecular formula is C9H15N. The topological polar surface area (TPSA) is 3.24 Å². The summed E-state index contributed by atoms with van der Waals surface area (Å²) in [4.78, 5) is 2.26. The van der Waals surface area contributed by atoms with Crippen molar-refractivity contribution in [2.24, 2.45) is 5.92 Å². The molecule has 1 rings (SSSR count). The average molecular weight is 137 g/mol. The van der Waals surface area contributed by atoms with Crippen molar-refractivity contribution in [1.29, 1.82) is 0 Å². The Bertz CT molecular complexity index is 115. The fourth-order valence-corrected chi connectivity index (χ4v) is 1.40. The first-order valence-corrected chi connectivity index (χ1v) is 3.86. The number of piperidine rings is 1. The molecule has 10 heavy (non-hydrogen) atoms. The van der Waals surface area contributed by atoms with Gasteiger partial charge in [0.25, 0.3) is 0 Å². The molecule has 1 heterocycles. The van der Waals surface area contributed by atoms with Crippen LogP contribution in [-0.2, 0) is 0 Å². The van der Waals surface area contributed by atoms with E-state index in [1.54, 1.807) is 0 Å². The highest BCUT2D eigenvalue weighted by Gasteiger charge is 2.13. The van der Waals surface area contributed by atoms with Crippen molar-refractivity contribution in [3.8, 4) is 0 Å². The molecular weight excluding hydrogens is 122 g/mol. The van der Waals surface area contributed by atoms with E-state index in [2.05, 4.69) is 24.1 Å². The number of nitrogens with zero attached hydrogens (tertiary/aromatic N) is 1. The normalized spacial score (nSPS) is 26.0. The summed E-state index contributed by atoms with van der Waals surface area (Å²) in [6.45, 7) is 9.83. The zero-order chi connectivity index (χ0) is 7.40. The lowest BCUT2D eigenvalue weighted by Gasteiger charge is -2.29. The first kappa shape index (κ1) is 7.39. The molecule has 1 saturated heterocycles. The van der Waals surface area contributed by atoms with Crippen LogP contribution in [0, 0.1) is 5.92 Å². The molecule has 1 aliphatic heterocycles. The van der Waals surface area contributed by atoms with Crippen molar-refractivity contribution in [1.82, 2.24) is 4.90 Å². The lowest BCUT2D eigenvalue weighted by atomic mass is 9.99. The second kappa shape index (κ2) is 3.45. The van der Waals surface area contributed by atoms with E-state index in [1.165, 1.54) is 19.4 Å². The van der Waals surface area contributed by atoms with Crippen LogP contribution in [0.25, 0.3) is 0 Å². The summed E-state index contributed by atoms with van der Waals surface area (Å²) in [5.41, 5.74) is 0. The molecule has 0 radical (unpaired) electrons. The molecule has 0 amide bonds. The molecule has 1 heteroatoms. The minimum atomic E-state index is 0.687. The second-order valence-corrected chi connectivity index (χ2v) is 2.82. The molecule has 0 aliphatic carbocycles. The van der Waals surface area contributed by atoms with E-state index in [0.29, 0.717) is 5.92 Å². The van der Waals surface area contributed by atoms with Gasteiger partial charge in [0.1, 0.15) is 0 Å². The largest absolute Gasteiger partial charge is 0.377 e. The third-order valence-electron chi connectivity index (χ3n) is 2.08. The summed E-state index contributed by atoms with van der Waals surface area (Å²) in [5.74, 6) is 0.687. The summed E-state index contributed by atoms with van der Waals surface area (Å²) < 4.78 is 0. The van der Waals surface area contributed by atoms with Crippen molar-refractivity contribution in [2.75, 3.05) is 13.1 Å². The molecule has 0 N–H and O–H groups in total. The van der Waals surface area contributed by atoms with Gasteiger partial charge in [-0.25, -0.2) is 0 Å². The van der Waals surface area contributed by atoms with Crippen molar-refractivity contribution in [3.63, 3.8) is 0 Å². The first-order chi connectivity index (χ1) is 4.86. The molecule has 0 spiro atoms. The standard InChI is InChI=1S/C9H15N/c1-3-9-6-5-7-10(4-2)8-9/h3-4,9H,1-2,5-8H2. The minimum absolute atomic E-state index is 0.687. The van der Waals surface area contributed by atoms with Crippen molar-refractivity contribution < 1.29 is 0 Å². The van der Waals surface area contributed by atoms with Crippen LogP contribution in [-0.4, -0.2) is 18.0 Å². The molecule has 1 aliphatic rings. The van der Waals surface area contributed by atoms with Crippen molar-refractivity contribution in [3.05, 3.63) is 25.4 Å². The Kier molecular flexibility index (Phi) is 2.55. The van der Waals surface area contributed by atoms with E-state index in [0.717, 1.165) is 6.54 Å². The molecule has 56 valence electrons. The van der Waals surface area contributed by atoms with E-state index in [9.17, 15) is 0 Å². The number of hydrogen-bond acceptors (Lipinski definition) is 1. The molecule has 0 saturated carbocycles. The quantitative estimate of drug-likeness (QED) is 0.526. The third-order valence-corrected chi connectivity index (χ3v) is 2.08. The molecule has 0 aromatic rings. The van der Waals surface area contributed by atoms with Crippen LogP contribution in [0.15, 0.2) is 25.4 Å². The maximum Gasteiger partial charge on any atom is 0.0235 e. The minimum Gasteiger partial charge on any atom is -0.377 e. The number of likely N-dealkylation sites (tertiary alicyclic amines) is 1. The smallest absolute Gasteiger partial charge is 0.0235 e. The van der Waals surface area contributed by atoms with Crippen LogP contribution in [0.5, 0.6) is 0 Å². The third kappa shape index (κ3) is 1.63. The lowest BCUT2D eigenvalue weighted by molar-refractivity contribution is 0.266. The molecule has 0 aromatic carbocycles. The highest BCUT2D eigenvalue weighted by atomic mass is 15.1. The molecule has 0 bridgehead atoms. The molecule has 1 unspecified atom stereocenters.